The molecule has 0 spiro atoms. The molecule has 2 aromatic rings. The third-order valence-corrected chi connectivity index (χ3v) is 4.83. The van der Waals surface area contributed by atoms with E-state index in [0.29, 0.717) is 31.1 Å². The summed E-state index contributed by atoms with van der Waals surface area (Å²) in [5.41, 5.74) is -0.515. The van der Waals surface area contributed by atoms with E-state index in [-0.39, 0.29) is 18.2 Å². The number of rotatable bonds is 8. The first-order valence-corrected chi connectivity index (χ1v) is 9.42. The summed E-state index contributed by atoms with van der Waals surface area (Å²) in [6.45, 7) is 1.29. The van der Waals surface area contributed by atoms with Gasteiger partial charge in [-0.05, 0) is 37.0 Å². The minimum absolute atomic E-state index is 0.0310. The summed E-state index contributed by atoms with van der Waals surface area (Å²) in [5.74, 6) is 0.769. The lowest BCUT2D eigenvalue weighted by molar-refractivity contribution is 0.118. The van der Waals surface area contributed by atoms with Gasteiger partial charge in [0.05, 0.1) is 26.9 Å². The van der Waals surface area contributed by atoms with E-state index in [4.69, 9.17) is 14.2 Å². The highest BCUT2D eigenvalue weighted by Gasteiger charge is 2.16. The van der Waals surface area contributed by atoms with Crippen molar-refractivity contribution in [3.05, 3.63) is 50.2 Å². The van der Waals surface area contributed by atoms with Crippen molar-refractivity contribution < 1.29 is 19.3 Å². The van der Waals surface area contributed by atoms with Gasteiger partial charge in [0.25, 0.3) is 5.56 Å². The van der Waals surface area contributed by atoms with Crippen molar-refractivity contribution in [2.45, 2.75) is 31.9 Å². The van der Waals surface area contributed by atoms with Gasteiger partial charge in [0.15, 0.2) is 11.5 Å². The first-order valence-electron chi connectivity index (χ1n) is 9.42. The Hall–Kier alpha value is -3.07. The van der Waals surface area contributed by atoms with Crippen LogP contribution in [-0.2, 0) is 17.7 Å². The van der Waals surface area contributed by atoms with E-state index in [0.717, 1.165) is 23.0 Å². The first-order chi connectivity index (χ1) is 14.0. The Morgan fingerprint density at radius 2 is 2.10 bits per heavy atom. The van der Waals surface area contributed by atoms with Crippen LogP contribution >= 0.6 is 0 Å². The van der Waals surface area contributed by atoms with Gasteiger partial charge in [0.2, 0.25) is 5.88 Å². The summed E-state index contributed by atoms with van der Waals surface area (Å²) < 4.78 is 17.1. The van der Waals surface area contributed by atoms with E-state index in [1.807, 2.05) is 6.07 Å². The molecule has 9 nitrogen and oxygen atoms in total. The maximum Gasteiger partial charge on any atom is 0.331 e. The monoisotopic (exact) mass is 403 g/mol. The highest BCUT2D eigenvalue weighted by atomic mass is 16.5. The first kappa shape index (κ1) is 20.7. The Labute approximate surface area is 167 Å². The van der Waals surface area contributed by atoms with Crippen molar-refractivity contribution in [3.8, 4) is 17.4 Å². The zero-order valence-electron chi connectivity index (χ0n) is 16.5. The van der Waals surface area contributed by atoms with E-state index in [1.54, 1.807) is 26.4 Å². The number of benzene rings is 1. The fourth-order valence-corrected chi connectivity index (χ4v) is 3.23. The van der Waals surface area contributed by atoms with Gasteiger partial charge >= 0.3 is 5.69 Å². The van der Waals surface area contributed by atoms with Crippen molar-refractivity contribution in [1.29, 1.82) is 0 Å². The minimum atomic E-state index is -0.677. The van der Waals surface area contributed by atoms with Gasteiger partial charge in [-0.25, -0.2) is 4.79 Å². The van der Waals surface area contributed by atoms with Gasteiger partial charge < -0.3 is 19.3 Å². The Bertz CT molecular complexity index is 989. The highest BCUT2D eigenvalue weighted by molar-refractivity contribution is 5.81. The Kier molecular flexibility index (Phi) is 6.71. The number of aromatic nitrogens is 2. The summed E-state index contributed by atoms with van der Waals surface area (Å²) >= 11 is 0. The number of hydrogen-bond donors (Lipinski definition) is 2. The number of aryl methyl sites for hydroxylation is 1. The molecular formula is C20H25N3O6. The molecule has 0 aliphatic carbocycles. The van der Waals surface area contributed by atoms with E-state index in [9.17, 15) is 14.7 Å². The Balaban J connectivity index is 1.77. The van der Waals surface area contributed by atoms with Gasteiger partial charge in [0, 0.05) is 19.4 Å². The number of aromatic amines is 1. The van der Waals surface area contributed by atoms with Crippen LogP contribution in [0.15, 0.2) is 32.8 Å². The van der Waals surface area contributed by atoms with Crippen LogP contribution in [0.5, 0.6) is 17.4 Å². The molecule has 1 aromatic carbocycles. The van der Waals surface area contributed by atoms with Crippen LogP contribution in [0.1, 0.15) is 24.0 Å². The van der Waals surface area contributed by atoms with Crippen LogP contribution in [-0.4, -0.2) is 54.3 Å². The highest BCUT2D eigenvalue weighted by Crippen LogP contribution is 2.27. The maximum absolute atomic E-state index is 12.2. The average Bonchev–Trinajstić information content (AvgIpc) is 3.23. The van der Waals surface area contributed by atoms with Crippen molar-refractivity contribution in [3.63, 3.8) is 0 Å². The van der Waals surface area contributed by atoms with Crippen molar-refractivity contribution in [2.24, 2.45) is 4.99 Å². The van der Waals surface area contributed by atoms with E-state index < -0.39 is 17.1 Å². The second-order valence-corrected chi connectivity index (χ2v) is 6.72. The van der Waals surface area contributed by atoms with Crippen LogP contribution in [0.4, 0.5) is 0 Å². The average molecular weight is 403 g/mol. The summed E-state index contributed by atoms with van der Waals surface area (Å²) in [6.07, 6.45) is 3.68. The zero-order chi connectivity index (χ0) is 20.8. The van der Waals surface area contributed by atoms with E-state index in [2.05, 4.69) is 9.98 Å². The molecule has 1 unspecified atom stereocenters. The third kappa shape index (κ3) is 4.86. The molecule has 1 aliphatic heterocycles. The van der Waals surface area contributed by atoms with Crippen LogP contribution in [0.2, 0.25) is 0 Å². The number of nitrogens with one attached hydrogen (secondary N) is 1. The summed E-state index contributed by atoms with van der Waals surface area (Å²) in [7, 11) is 3.10. The standard InChI is InChI=1S/C20H25N3O6/c1-27-16-6-5-13(10-17(16)28-2)7-8-23-19(25)15(18(24)22-20(23)26)12-21-11-14-4-3-9-29-14/h5-6,10,12,14,25H,3-4,7-9,11H2,1-2H3,(H,22,24,26). The smallest absolute Gasteiger partial charge is 0.331 e. The molecule has 29 heavy (non-hydrogen) atoms. The molecule has 2 N–H and O–H groups in total. The number of nitrogens with zero attached hydrogens (tertiary/aromatic N) is 2. The maximum atomic E-state index is 12.2. The largest absolute Gasteiger partial charge is 0.494 e. The summed E-state index contributed by atoms with van der Waals surface area (Å²) in [5, 5.41) is 10.5. The number of aromatic hydroxyl groups is 1. The predicted octanol–water partition coefficient (Wildman–Crippen LogP) is 1.10. The fraction of sp³-hybridized carbons (Fsp3) is 0.450. The molecule has 3 rings (SSSR count). The summed E-state index contributed by atoms with van der Waals surface area (Å²) in [6, 6.07) is 5.42. The van der Waals surface area contributed by atoms with Crippen LogP contribution in [0.3, 0.4) is 0 Å². The van der Waals surface area contributed by atoms with Crippen molar-refractivity contribution in [2.75, 3.05) is 27.4 Å². The molecule has 1 atom stereocenters. The molecule has 0 radical (unpaired) electrons. The fourth-order valence-electron chi connectivity index (χ4n) is 3.23. The second kappa shape index (κ2) is 9.42. The molecule has 2 heterocycles. The van der Waals surface area contributed by atoms with Crippen LogP contribution in [0.25, 0.3) is 0 Å². The zero-order valence-corrected chi connectivity index (χ0v) is 16.5. The number of ether oxygens (including phenoxy) is 3. The molecule has 0 amide bonds. The normalized spacial score (nSPS) is 16.4. The molecule has 156 valence electrons. The molecule has 9 heteroatoms. The number of H-pyrrole nitrogens is 1. The summed E-state index contributed by atoms with van der Waals surface area (Å²) in [4.78, 5) is 30.7. The van der Waals surface area contributed by atoms with Gasteiger partial charge in [0.1, 0.15) is 5.56 Å². The lowest BCUT2D eigenvalue weighted by Crippen LogP contribution is -2.32. The van der Waals surface area contributed by atoms with E-state index in [1.165, 1.54) is 6.21 Å². The predicted molar refractivity (Wildman–Crippen MR) is 108 cm³/mol. The molecule has 1 saturated heterocycles. The molecule has 0 bridgehead atoms. The Morgan fingerprint density at radius 1 is 1.31 bits per heavy atom. The van der Waals surface area contributed by atoms with Crippen LogP contribution < -0.4 is 20.7 Å². The topological polar surface area (TPSA) is 115 Å². The lowest BCUT2D eigenvalue weighted by atomic mass is 10.1. The van der Waals surface area contributed by atoms with E-state index >= 15 is 0 Å². The number of hydrogen-bond acceptors (Lipinski definition) is 7. The number of aliphatic imine (C=N–C) groups is 1. The molecule has 1 fully saturated rings. The van der Waals surface area contributed by atoms with Gasteiger partial charge in [-0.2, -0.15) is 0 Å². The number of methoxy groups -OCH3 is 2. The van der Waals surface area contributed by atoms with Crippen molar-refractivity contribution in [1.82, 2.24) is 9.55 Å². The minimum Gasteiger partial charge on any atom is -0.494 e. The van der Waals surface area contributed by atoms with Gasteiger partial charge in [-0.1, -0.05) is 6.07 Å². The quantitative estimate of drug-likeness (QED) is 0.638. The molecule has 1 aromatic heterocycles. The molecular weight excluding hydrogens is 378 g/mol. The SMILES string of the molecule is COc1ccc(CCn2c(O)c(C=NCC3CCCO3)c(=O)[nH]c2=O)cc1OC. The van der Waals surface area contributed by atoms with Gasteiger partial charge in [-0.3, -0.25) is 19.3 Å². The third-order valence-electron chi connectivity index (χ3n) is 4.83. The lowest BCUT2D eigenvalue weighted by Gasteiger charge is -2.12. The Morgan fingerprint density at radius 3 is 2.79 bits per heavy atom. The van der Waals surface area contributed by atoms with Crippen LogP contribution in [0, 0.1) is 0 Å². The second-order valence-electron chi connectivity index (χ2n) is 6.72. The molecule has 1 aliphatic rings. The van der Waals surface area contributed by atoms with Gasteiger partial charge in [-0.15, -0.1) is 0 Å². The van der Waals surface area contributed by atoms with Crippen molar-refractivity contribution >= 4 is 6.21 Å². The molecule has 0 saturated carbocycles.